The van der Waals surface area contributed by atoms with Crippen LogP contribution in [0.4, 0.5) is 21.7 Å². The average Bonchev–Trinajstić information content (AvgIpc) is 2.70. The van der Waals surface area contributed by atoms with E-state index in [0.29, 0.717) is 17.3 Å². The van der Waals surface area contributed by atoms with Crippen LogP contribution in [0, 0.1) is 0 Å². The van der Waals surface area contributed by atoms with Gasteiger partial charge in [-0.15, -0.1) is 0 Å². The highest BCUT2D eigenvalue weighted by Gasteiger charge is 2.27. The number of carbonyl (C=O) groups is 1. The summed E-state index contributed by atoms with van der Waals surface area (Å²) in [5.74, 6) is 0.602. The zero-order valence-electron chi connectivity index (χ0n) is 18.0. The maximum Gasteiger partial charge on any atom is 0.255 e. The van der Waals surface area contributed by atoms with Crippen LogP contribution < -0.4 is 16.0 Å². The lowest BCUT2D eigenvalue weighted by molar-refractivity contribution is -0.00177. The van der Waals surface area contributed by atoms with Gasteiger partial charge in [-0.3, -0.25) is 9.78 Å². The Kier molecular flexibility index (Phi) is 6.65. The highest BCUT2D eigenvalue weighted by Crippen LogP contribution is 2.23. The summed E-state index contributed by atoms with van der Waals surface area (Å²) in [6.45, 7) is 6.29. The maximum absolute atomic E-state index is 14.0. The second-order valence-corrected chi connectivity index (χ2v) is 8.11. The molecule has 0 aliphatic heterocycles. The fourth-order valence-corrected chi connectivity index (χ4v) is 2.82. The van der Waals surface area contributed by atoms with E-state index < -0.39 is 17.7 Å². The highest BCUT2D eigenvalue weighted by atomic mass is 19.1. The van der Waals surface area contributed by atoms with Crippen molar-refractivity contribution in [2.45, 2.75) is 45.5 Å². The second-order valence-electron chi connectivity index (χ2n) is 8.11. The fourth-order valence-electron chi connectivity index (χ4n) is 2.82. The first kappa shape index (κ1) is 22.4. The maximum atomic E-state index is 14.0. The van der Waals surface area contributed by atoms with Crippen molar-refractivity contribution in [1.82, 2.24) is 20.3 Å². The number of nitrogens with zero attached hydrogens (tertiary/aromatic N) is 3. The van der Waals surface area contributed by atoms with Gasteiger partial charge in [0, 0.05) is 24.5 Å². The minimum absolute atomic E-state index is 0.0527. The number of rotatable bonds is 8. The number of aromatic nitrogens is 3. The van der Waals surface area contributed by atoms with E-state index in [4.69, 9.17) is 0 Å². The number of hydrogen-bond donors (Lipinski definition) is 4. The number of aliphatic hydroxyl groups is 1. The van der Waals surface area contributed by atoms with E-state index >= 15 is 0 Å². The van der Waals surface area contributed by atoms with Crippen molar-refractivity contribution < 1.29 is 14.3 Å². The number of carbonyl (C=O) groups excluding carboxylic acids is 1. The van der Waals surface area contributed by atoms with Gasteiger partial charge < -0.3 is 21.1 Å². The number of fused-ring (bicyclic) bond motifs is 1. The largest absolute Gasteiger partial charge is 0.387 e. The van der Waals surface area contributed by atoms with E-state index in [2.05, 4.69) is 30.9 Å². The summed E-state index contributed by atoms with van der Waals surface area (Å²) in [4.78, 5) is 25.7. The third-order valence-electron chi connectivity index (χ3n) is 4.51. The normalized spacial score (nSPS) is 12.6. The van der Waals surface area contributed by atoms with Crippen LogP contribution in [0.5, 0.6) is 0 Å². The predicted octanol–water partition coefficient (Wildman–Crippen LogP) is 3.43. The molecule has 0 aromatic carbocycles. The Bertz CT molecular complexity index is 1070. The Morgan fingerprint density at radius 3 is 2.65 bits per heavy atom. The minimum Gasteiger partial charge on any atom is -0.387 e. The molecule has 0 fully saturated rings. The number of nitrogens with one attached hydrogen (secondary N) is 3. The Labute approximate surface area is 180 Å². The Morgan fingerprint density at radius 1 is 1.16 bits per heavy atom. The summed E-state index contributed by atoms with van der Waals surface area (Å²) in [5, 5.41) is 18.6. The van der Waals surface area contributed by atoms with Crippen LogP contribution in [0.3, 0.4) is 0 Å². The average molecular weight is 426 g/mol. The summed E-state index contributed by atoms with van der Waals surface area (Å²) in [6, 6.07) is 9.09. The molecule has 3 aromatic rings. The minimum atomic E-state index is -1.60. The molecular formula is C22H27FN6O2. The summed E-state index contributed by atoms with van der Waals surface area (Å²) in [7, 11) is 0. The highest BCUT2D eigenvalue weighted by molar-refractivity contribution is 5.99. The molecule has 1 amide bonds. The van der Waals surface area contributed by atoms with Crippen molar-refractivity contribution in [3.8, 4) is 0 Å². The van der Waals surface area contributed by atoms with Crippen LogP contribution in [-0.4, -0.2) is 50.3 Å². The standard InChI is InChI=1S/C22H27FN6O2/c1-13(2)27-17-10-20(29-19-8-7-15-16(28-19)6-5-9-24-15)25-11-14(17)21(30)26-12-18(23)22(3,4)31/h5-11,13,18,31H,12H2,1-4H3,(H,26,30)(H2,25,27,28,29). The van der Waals surface area contributed by atoms with E-state index in [1.165, 1.54) is 20.0 Å². The van der Waals surface area contributed by atoms with Crippen LogP contribution in [0.1, 0.15) is 38.1 Å². The lowest BCUT2D eigenvalue weighted by atomic mass is 10.0. The van der Waals surface area contributed by atoms with Crippen molar-refractivity contribution >= 4 is 34.3 Å². The Balaban J connectivity index is 1.80. The molecule has 8 nitrogen and oxygen atoms in total. The number of pyridine rings is 3. The third kappa shape index (κ3) is 5.85. The Hall–Kier alpha value is -3.33. The monoisotopic (exact) mass is 426 g/mol. The van der Waals surface area contributed by atoms with Gasteiger partial charge in [-0.25, -0.2) is 14.4 Å². The molecule has 4 N–H and O–H groups in total. The predicted molar refractivity (Wildman–Crippen MR) is 119 cm³/mol. The molecule has 0 spiro atoms. The molecule has 164 valence electrons. The zero-order valence-corrected chi connectivity index (χ0v) is 18.0. The van der Waals surface area contributed by atoms with Gasteiger partial charge in [0.2, 0.25) is 0 Å². The molecule has 0 saturated heterocycles. The lowest BCUT2D eigenvalue weighted by Gasteiger charge is -2.23. The van der Waals surface area contributed by atoms with Crippen molar-refractivity contribution in [3.05, 3.63) is 48.3 Å². The van der Waals surface area contributed by atoms with Crippen molar-refractivity contribution in [1.29, 1.82) is 0 Å². The number of hydrogen-bond acceptors (Lipinski definition) is 7. The van der Waals surface area contributed by atoms with Crippen LogP contribution in [0.2, 0.25) is 0 Å². The zero-order chi connectivity index (χ0) is 22.6. The van der Waals surface area contributed by atoms with Gasteiger partial charge in [-0.05, 0) is 52.0 Å². The smallest absolute Gasteiger partial charge is 0.255 e. The number of anilines is 3. The summed E-state index contributed by atoms with van der Waals surface area (Å²) >= 11 is 0. The third-order valence-corrected chi connectivity index (χ3v) is 4.51. The van der Waals surface area contributed by atoms with Gasteiger partial charge in [-0.2, -0.15) is 0 Å². The topological polar surface area (TPSA) is 112 Å². The summed E-state index contributed by atoms with van der Waals surface area (Å²) in [5.41, 5.74) is 0.814. The number of alkyl halides is 1. The molecule has 1 unspecified atom stereocenters. The van der Waals surface area contributed by atoms with E-state index in [9.17, 15) is 14.3 Å². The first-order valence-corrected chi connectivity index (χ1v) is 10.0. The molecule has 0 radical (unpaired) electrons. The van der Waals surface area contributed by atoms with Gasteiger partial charge in [-0.1, -0.05) is 0 Å². The molecular weight excluding hydrogens is 399 g/mol. The quantitative estimate of drug-likeness (QED) is 0.437. The van der Waals surface area contributed by atoms with Gasteiger partial charge in [0.1, 0.15) is 17.8 Å². The van der Waals surface area contributed by atoms with Crippen molar-refractivity contribution in [3.63, 3.8) is 0 Å². The van der Waals surface area contributed by atoms with Gasteiger partial charge >= 0.3 is 0 Å². The molecule has 0 aliphatic carbocycles. The van der Waals surface area contributed by atoms with Crippen LogP contribution in [0.25, 0.3) is 11.0 Å². The van der Waals surface area contributed by atoms with E-state index in [1.807, 2.05) is 32.0 Å². The summed E-state index contributed by atoms with van der Waals surface area (Å²) < 4.78 is 14.0. The SMILES string of the molecule is CC(C)Nc1cc(Nc2ccc3ncccc3n2)ncc1C(=O)NCC(F)C(C)(C)O. The lowest BCUT2D eigenvalue weighted by Crippen LogP contribution is -2.42. The van der Waals surface area contributed by atoms with Crippen molar-refractivity contribution in [2.24, 2.45) is 0 Å². The molecule has 3 aromatic heterocycles. The number of amides is 1. The summed E-state index contributed by atoms with van der Waals surface area (Å²) in [6.07, 6.45) is 1.53. The Morgan fingerprint density at radius 2 is 1.94 bits per heavy atom. The number of halogens is 1. The van der Waals surface area contributed by atoms with Gasteiger partial charge in [0.25, 0.3) is 5.91 Å². The second kappa shape index (κ2) is 9.22. The molecule has 1 atom stereocenters. The van der Waals surface area contributed by atoms with Crippen LogP contribution in [0.15, 0.2) is 42.7 Å². The van der Waals surface area contributed by atoms with E-state index in [0.717, 1.165) is 11.0 Å². The van der Waals surface area contributed by atoms with Gasteiger partial charge in [0.05, 0.1) is 34.4 Å². The molecule has 0 aliphatic rings. The van der Waals surface area contributed by atoms with Gasteiger partial charge in [0.15, 0.2) is 0 Å². The molecule has 3 rings (SSSR count). The molecule has 9 heteroatoms. The molecule has 3 heterocycles. The van der Waals surface area contributed by atoms with Crippen LogP contribution in [-0.2, 0) is 0 Å². The molecule has 31 heavy (non-hydrogen) atoms. The van der Waals surface area contributed by atoms with Crippen LogP contribution >= 0.6 is 0 Å². The molecule has 0 bridgehead atoms. The first-order valence-electron chi connectivity index (χ1n) is 10.0. The van der Waals surface area contributed by atoms with Crippen molar-refractivity contribution in [2.75, 3.05) is 17.2 Å². The fraction of sp³-hybridized carbons (Fsp3) is 0.364. The van der Waals surface area contributed by atoms with E-state index in [-0.39, 0.29) is 18.2 Å². The van der Waals surface area contributed by atoms with E-state index in [1.54, 1.807) is 18.3 Å². The molecule has 0 saturated carbocycles. The first-order chi connectivity index (χ1) is 14.6.